The second-order valence-electron chi connectivity index (χ2n) is 8.89. The average molecular weight is 461 g/mol. The topological polar surface area (TPSA) is 96.9 Å². The Bertz CT molecular complexity index is 1070. The molecule has 2 amide bonds. The summed E-state index contributed by atoms with van der Waals surface area (Å²) in [6, 6.07) is 11.1. The Morgan fingerprint density at radius 2 is 1.88 bits per heavy atom. The van der Waals surface area contributed by atoms with Gasteiger partial charge in [0.2, 0.25) is 0 Å². The highest BCUT2D eigenvalue weighted by Crippen LogP contribution is 2.60. The molecule has 0 saturated heterocycles. The first kappa shape index (κ1) is 21.0. The number of hydrogen-bond acceptors (Lipinski definition) is 5. The third-order valence-corrected chi connectivity index (χ3v) is 6.67. The number of rotatable bonds is 6. The smallest absolute Gasteiger partial charge is 0.261 e. The molecule has 6 rings (SSSR count). The van der Waals surface area contributed by atoms with E-state index in [0.29, 0.717) is 30.6 Å². The summed E-state index contributed by atoms with van der Waals surface area (Å²) in [5.41, 5.74) is -0.0128. The van der Waals surface area contributed by atoms with Crippen molar-refractivity contribution in [2.75, 3.05) is 6.61 Å². The van der Waals surface area contributed by atoms with E-state index >= 15 is 0 Å². The molecule has 1 aliphatic heterocycles. The lowest BCUT2D eigenvalue weighted by Crippen LogP contribution is -2.84. The molecule has 1 heterocycles. The van der Waals surface area contributed by atoms with Crippen LogP contribution in [0.15, 0.2) is 42.5 Å². The molecule has 3 aliphatic carbocycles. The van der Waals surface area contributed by atoms with E-state index in [-0.39, 0.29) is 46.7 Å². The van der Waals surface area contributed by atoms with Gasteiger partial charge in [0.15, 0.2) is 12.7 Å². The van der Waals surface area contributed by atoms with Crippen LogP contribution in [0.5, 0.6) is 11.5 Å². The second kappa shape index (κ2) is 7.64. The van der Waals surface area contributed by atoms with Crippen molar-refractivity contribution in [3.05, 3.63) is 58.9 Å². The minimum absolute atomic E-state index is 0.0136. The van der Waals surface area contributed by atoms with E-state index in [1.54, 1.807) is 18.2 Å². The average Bonchev–Trinajstić information content (AvgIpc) is 2.72. The predicted octanol–water partition coefficient (Wildman–Crippen LogP) is 2.65. The molecule has 168 valence electrons. The lowest BCUT2D eigenvalue weighted by molar-refractivity contribution is -0.155. The number of halogens is 2. The Labute approximate surface area is 188 Å². The van der Waals surface area contributed by atoms with Crippen LogP contribution < -0.4 is 20.1 Å². The van der Waals surface area contributed by atoms with Crippen LogP contribution in [0.3, 0.4) is 0 Å². The summed E-state index contributed by atoms with van der Waals surface area (Å²) in [5, 5.41) is 16.3. The monoisotopic (exact) mass is 460 g/mol. The molecule has 3 N–H and O–H groups in total. The van der Waals surface area contributed by atoms with Gasteiger partial charge in [-0.15, -0.1) is 0 Å². The summed E-state index contributed by atoms with van der Waals surface area (Å²) < 4.78 is 24.6. The van der Waals surface area contributed by atoms with Crippen LogP contribution in [0.2, 0.25) is 5.02 Å². The second-order valence-corrected chi connectivity index (χ2v) is 9.30. The number of ether oxygens (including phenoxy) is 2. The van der Waals surface area contributed by atoms with Crippen LogP contribution in [-0.2, 0) is 9.59 Å². The van der Waals surface area contributed by atoms with E-state index < -0.39 is 18.0 Å². The van der Waals surface area contributed by atoms with Crippen molar-refractivity contribution >= 4 is 23.4 Å². The summed E-state index contributed by atoms with van der Waals surface area (Å²) >= 11 is 5.63. The van der Waals surface area contributed by atoms with E-state index in [4.69, 9.17) is 21.1 Å². The number of carbonyl (C=O) groups excluding carboxylic acids is 2. The molecule has 2 atom stereocenters. The Kier molecular flexibility index (Phi) is 5.02. The molecule has 3 fully saturated rings. The standard InChI is InChI=1S/C23H22ClFN2O5/c24-15-6-5-13(7-16(15)25)31-9-20(29)26-22-10-23(11-22,12-22)27-21(30)19-8-17(28)14-3-1-2-4-18(14)32-19/h1-7,17,19,28H,8-12H2,(H,26,29)(H,27,30)/t17-,19-,22?,23?/m1/s1. The summed E-state index contributed by atoms with van der Waals surface area (Å²) in [5.74, 6) is -0.436. The number of aliphatic hydroxyl groups excluding tert-OH is 1. The first-order chi connectivity index (χ1) is 15.3. The van der Waals surface area contributed by atoms with Crippen LogP contribution in [-0.4, -0.2) is 40.7 Å². The van der Waals surface area contributed by atoms with Gasteiger partial charge in [-0.3, -0.25) is 9.59 Å². The molecular formula is C23H22ClFN2O5. The minimum atomic E-state index is -0.757. The van der Waals surface area contributed by atoms with E-state index in [9.17, 15) is 19.1 Å². The molecule has 9 heteroatoms. The lowest BCUT2D eigenvalue weighted by Gasteiger charge is -2.70. The normalized spacial score (nSPS) is 29.5. The van der Waals surface area contributed by atoms with Crippen molar-refractivity contribution in [2.45, 2.75) is 49.0 Å². The molecule has 2 aromatic carbocycles. The highest BCUT2D eigenvalue weighted by molar-refractivity contribution is 6.30. The fourth-order valence-electron chi connectivity index (χ4n) is 5.00. The molecule has 0 spiro atoms. The zero-order valence-corrected chi connectivity index (χ0v) is 17.8. The number of nitrogens with one attached hydrogen (secondary N) is 2. The number of benzene rings is 2. The van der Waals surface area contributed by atoms with Gasteiger partial charge in [0.05, 0.1) is 11.1 Å². The summed E-state index contributed by atoms with van der Waals surface area (Å²) in [4.78, 5) is 25.0. The van der Waals surface area contributed by atoms with E-state index in [1.807, 2.05) is 6.07 Å². The Hall–Kier alpha value is -2.84. The van der Waals surface area contributed by atoms with Crippen molar-refractivity contribution in [3.63, 3.8) is 0 Å². The predicted molar refractivity (Wildman–Crippen MR) is 113 cm³/mol. The maximum atomic E-state index is 13.5. The van der Waals surface area contributed by atoms with Gasteiger partial charge in [-0.1, -0.05) is 29.8 Å². The summed E-state index contributed by atoms with van der Waals surface area (Å²) in [6.07, 6.45) is 0.566. The van der Waals surface area contributed by atoms with E-state index in [0.717, 1.165) is 6.07 Å². The van der Waals surface area contributed by atoms with Gasteiger partial charge >= 0.3 is 0 Å². The van der Waals surface area contributed by atoms with E-state index in [1.165, 1.54) is 12.1 Å². The van der Waals surface area contributed by atoms with Gasteiger partial charge in [0.25, 0.3) is 11.8 Å². The summed E-state index contributed by atoms with van der Waals surface area (Å²) in [6.45, 7) is -0.241. The molecule has 0 aromatic heterocycles. The zero-order chi connectivity index (χ0) is 22.5. The Morgan fingerprint density at radius 3 is 2.62 bits per heavy atom. The van der Waals surface area contributed by atoms with Crippen LogP contribution in [0.4, 0.5) is 4.39 Å². The van der Waals surface area contributed by atoms with Crippen LogP contribution in [0.25, 0.3) is 0 Å². The number of fused-ring (bicyclic) bond motifs is 1. The molecule has 3 saturated carbocycles. The van der Waals surface area contributed by atoms with Crippen molar-refractivity contribution in [1.82, 2.24) is 10.6 Å². The number of hydrogen-bond donors (Lipinski definition) is 3. The SMILES string of the molecule is O=C(COc1ccc(Cl)c(F)c1)NC12CC(NC(=O)[C@H]3C[C@@H](O)c4ccccc4O3)(C1)C2. The van der Waals surface area contributed by atoms with Gasteiger partial charge in [-0.2, -0.15) is 0 Å². The largest absolute Gasteiger partial charge is 0.484 e. The van der Waals surface area contributed by atoms with Gasteiger partial charge in [0, 0.05) is 29.1 Å². The summed E-state index contributed by atoms with van der Waals surface area (Å²) in [7, 11) is 0. The first-order valence-corrected chi connectivity index (χ1v) is 10.8. The highest BCUT2D eigenvalue weighted by Gasteiger charge is 2.69. The van der Waals surface area contributed by atoms with Gasteiger partial charge in [0.1, 0.15) is 17.3 Å². The molecule has 0 unspecified atom stereocenters. The van der Waals surface area contributed by atoms with Crippen LogP contribution >= 0.6 is 11.6 Å². The molecule has 32 heavy (non-hydrogen) atoms. The fraction of sp³-hybridized carbons (Fsp3) is 0.391. The highest BCUT2D eigenvalue weighted by atomic mass is 35.5. The lowest BCUT2D eigenvalue weighted by atomic mass is 9.44. The van der Waals surface area contributed by atoms with E-state index in [2.05, 4.69) is 10.6 Å². The van der Waals surface area contributed by atoms with Gasteiger partial charge < -0.3 is 25.2 Å². The maximum Gasteiger partial charge on any atom is 0.261 e. The van der Waals surface area contributed by atoms with Gasteiger partial charge in [-0.05, 0) is 37.5 Å². The van der Waals surface area contributed by atoms with Crippen LogP contribution in [0, 0.1) is 5.82 Å². The first-order valence-electron chi connectivity index (χ1n) is 10.4. The van der Waals surface area contributed by atoms with Crippen molar-refractivity contribution in [1.29, 1.82) is 0 Å². The number of para-hydroxylation sites is 1. The van der Waals surface area contributed by atoms with Crippen molar-refractivity contribution < 1.29 is 28.6 Å². The number of aliphatic hydroxyl groups is 1. The minimum Gasteiger partial charge on any atom is -0.484 e. The quantitative estimate of drug-likeness (QED) is 0.616. The number of carbonyl (C=O) groups is 2. The molecule has 2 bridgehead atoms. The Balaban J connectivity index is 1.09. The third-order valence-electron chi connectivity index (χ3n) is 6.36. The number of amides is 2. The van der Waals surface area contributed by atoms with Crippen LogP contribution in [0.1, 0.15) is 37.4 Å². The molecule has 2 aromatic rings. The molecule has 7 nitrogen and oxygen atoms in total. The zero-order valence-electron chi connectivity index (χ0n) is 17.1. The van der Waals surface area contributed by atoms with Crippen molar-refractivity contribution in [3.8, 4) is 11.5 Å². The molecular weight excluding hydrogens is 439 g/mol. The third kappa shape index (κ3) is 3.78. The molecule has 0 radical (unpaired) electrons. The van der Waals surface area contributed by atoms with Crippen molar-refractivity contribution in [2.24, 2.45) is 0 Å². The van der Waals surface area contributed by atoms with Gasteiger partial charge in [-0.25, -0.2) is 4.39 Å². The molecule has 4 aliphatic rings. The maximum absolute atomic E-state index is 13.5. The fourth-order valence-corrected chi connectivity index (χ4v) is 5.11. The Morgan fingerprint density at radius 1 is 1.16 bits per heavy atom.